The number of imidazole rings is 1. The van der Waals surface area contributed by atoms with Crippen LogP contribution in [0.5, 0.6) is 0 Å². The summed E-state index contributed by atoms with van der Waals surface area (Å²) in [5.41, 5.74) is 5.42. The Morgan fingerprint density at radius 2 is 1.82 bits per heavy atom. The molecule has 1 amide bonds. The maximum absolute atomic E-state index is 13.7. The maximum Gasteiger partial charge on any atom is 0.257 e. The number of nitrogens with one attached hydrogen (secondary N) is 1. The van der Waals surface area contributed by atoms with E-state index in [9.17, 15) is 4.79 Å². The fourth-order valence-electron chi connectivity index (χ4n) is 5.84. The predicted molar refractivity (Wildman–Crippen MR) is 161 cm³/mol. The fourth-order valence-corrected chi connectivity index (χ4v) is 6.93. The summed E-state index contributed by atoms with van der Waals surface area (Å²) < 4.78 is 3.79. The van der Waals surface area contributed by atoms with Gasteiger partial charge in [0, 0.05) is 48.5 Å². The van der Waals surface area contributed by atoms with Crippen LogP contribution in [0, 0.1) is 0 Å². The van der Waals surface area contributed by atoms with E-state index in [0.717, 1.165) is 65.4 Å². The van der Waals surface area contributed by atoms with Crippen molar-refractivity contribution in [3.05, 3.63) is 75.9 Å². The van der Waals surface area contributed by atoms with Crippen molar-refractivity contribution in [3.8, 4) is 11.1 Å². The monoisotopic (exact) mass is 591 g/mol. The van der Waals surface area contributed by atoms with E-state index in [1.807, 2.05) is 36.1 Å². The number of nitrogens with zero attached hydrogens (tertiary/aromatic N) is 6. The third kappa shape index (κ3) is 4.66. The van der Waals surface area contributed by atoms with E-state index in [0.29, 0.717) is 21.4 Å². The number of hydrogen-bond acceptors (Lipinski definition) is 6. The molecule has 2 aromatic carbocycles. The average Bonchev–Trinajstić information content (AvgIpc) is 3.76. The second kappa shape index (κ2) is 10.5. The number of hydrogen-bond donors (Lipinski definition) is 1. The highest BCUT2D eigenvalue weighted by Crippen LogP contribution is 2.37. The average molecular weight is 593 g/mol. The molecule has 1 atom stereocenters. The predicted octanol–water partition coefficient (Wildman–Crippen LogP) is 6.83. The van der Waals surface area contributed by atoms with Crippen LogP contribution >= 0.6 is 34.5 Å². The van der Waals surface area contributed by atoms with Crippen LogP contribution in [0.1, 0.15) is 43.1 Å². The second-order valence-corrected chi connectivity index (χ2v) is 12.0. The maximum atomic E-state index is 13.7. The molecule has 5 heterocycles. The summed E-state index contributed by atoms with van der Waals surface area (Å²) in [4.78, 5) is 24.9. The molecule has 8 nitrogen and oxygen atoms in total. The van der Waals surface area contributed by atoms with Gasteiger partial charge >= 0.3 is 0 Å². The summed E-state index contributed by atoms with van der Waals surface area (Å²) >= 11 is 14.9. The van der Waals surface area contributed by atoms with E-state index in [-0.39, 0.29) is 5.91 Å². The molecule has 3 aromatic heterocycles. The van der Waals surface area contributed by atoms with Crippen LogP contribution in [-0.4, -0.2) is 43.3 Å². The van der Waals surface area contributed by atoms with Gasteiger partial charge in [0.2, 0.25) is 0 Å². The summed E-state index contributed by atoms with van der Waals surface area (Å²) in [6.07, 6.45) is 10.9. The van der Waals surface area contributed by atoms with Gasteiger partial charge in [-0.3, -0.25) is 14.8 Å². The highest BCUT2D eigenvalue weighted by molar-refractivity contribution is 7.13. The third-order valence-corrected chi connectivity index (χ3v) is 9.10. The molecule has 2 aliphatic heterocycles. The number of benzene rings is 2. The number of thiazole rings is 1. The van der Waals surface area contributed by atoms with E-state index < -0.39 is 6.04 Å². The zero-order valence-electron chi connectivity index (χ0n) is 21.7. The highest BCUT2D eigenvalue weighted by Gasteiger charge is 2.32. The number of aromatic nitrogens is 5. The Kier molecular flexibility index (Phi) is 6.73. The molecule has 0 spiro atoms. The smallest absolute Gasteiger partial charge is 0.257 e. The quantitative estimate of drug-likeness (QED) is 0.234. The molecule has 204 valence electrons. The molecule has 11 heteroatoms. The number of amides is 1. The first-order valence-electron chi connectivity index (χ1n) is 13.5. The first-order chi connectivity index (χ1) is 19.5. The fraction of sp³-hybridized carbons (Fsp3) is 0.310. The number of aryl methyl sites for hydroxylation is 1. The molecular weight excluding hydrogens is 565 g/mol. The van der Waals surface area contributed by atoms with Gasteiger partial charge in [0.15, 0.2) is 11.2 Å². The molecule has 0 aliphatic carbocycles. The van der Waals surface area contributed by atoms with Crippen molar-refractivity contribution in [2.24, 2.45) is 0 Å². The zero-order chi connectivity index (χ0) is 27.2. The lowest BCUT2D eigenvalue weighted by atomic mass is 10.0. The van der Waals surface area contributed by atoms with Crippen molar-refractivity contribution >= 4 is 62.2 Å². The number of piperidine rings is 1. The Morgan fingerprint density at radius 1 is 0.975 bits per heavy atom. The Hall–Kier alpha value is -3.40. The van der Waals surface area contributed by atoms with Crippen LogP contribution in [0.4, 0.5) is 10.8 Å². The third-order valence-electron chi connectivity index (χ3n) is 7.80. The number of rotatable bonds is 6. The summed E-state index contributed by atoms with van der Waals surface area (Å²) in [5.74, 6) is -0.243. The van der Waals surface area contributed by atoms with Crippen molar-refractivity contribution in [2.75, 3.05) is 23.3 Å². The van der Waals surface area contributed by atoms with E-state index >= 15 is 0 Å². The molecule has 0 radical (unpaired) electrons. The Bertz CT molecular complexity index is 1710. The first kappa shape index (κ1) is 25.6. The molecule has 1 saturated heterocycles. The number of carbonyl (C=O) groups is 1. The molecule has 0 saturated carbocycles. The van der Waals surface area contributed by atoms with Crippen LogP contribution in [-0.2, 0) is 17.8 Å². The van der Waals surface area contributed by atoms with Gasteiger partial charge in [0.25, 0.3) is 5.91 Å². The molecule has 5 aromatic rings. The van der Waals surface area contributed by atoms with Gasteiger partial charge < -0.3 is 9.47 Å². The Morgan fingerprint density at radius 3 is 2.62 bits per heavy atom. The normalized spacial score (nSPS) is 15.9. The van der Waals surface area contributed by atoms with E-state index in [4.69, 9.17) is 28.3 Å². The molecule has 7 rings (SSSR count). The molecule has 1 unspecified atom stereocenters. The van der Waals surface area contributed by atoms with Gasteiger partial charge in [0.1, 0.15) is 0 Å². The van der Waals surface area contributed by atoms with Gasteiger partial charge in [-0.1, -0.05) is 29.3 Å². The van der Waals surface area contributed by atoms with Crippen LogP contribution in [0.25, 0.3) is 22.0 Å². The van der Waals surface area contributed by atoms with Crippen LogP contribution in [0.3, 0.4) is 0 Å². The van der Waals surface area contributed by atoms with Gasteiger partial charge in [-0.15, -0.1) is 11.3 Å². The Labute approximate surface area is 245 Å². The Balaban J connectivity index is 1.26. The summed E-state index contributed by atoms with van der Waals surface area (Å²) in [6.45, 7) is 2.97. The number of anilines is 2. The molecule has 2 aliphatic rings. The first-order valence-corrected chi connectivity index (χ1v) is 15.2. The van der Waals surface area contributed by atoms with Crippen molar-refractivity contribution in [3.63, 3.8) is 0 Å². The standard InChI is InChI=1S/C29H27Cl2N7OS/c30-21-14-19(18-6-7-24(22(31)13-18)36-9-2-1-3-10-36)15-23-20(21)16-38(35-23)27(28(39)34-29-32-8-12-40-29)26-25-5-4-11-37(25)17-33-26/h6-8,12-17,27H,1-5,9-11H2,(H,32,34,39). The second-order valence-electron chi connectivity index (χ2n) is 10.3. The van der Waals surface area contributed by atoms with Crippen molar-refractivity contribution in [1.29, 1.82) is 0 Å². The van der Waals surface area contributed by atoms with Crippen LogP contribution in [0.15, 0.2) is 54.4 Å². The molecule has 0 bridgehead atoms. The lowest BCUT2D eigenvalue weighted by Gasteiger charge is -2.29. The molecular formula is C29H27Cl2N7OS. The number of fused-ring (bicyclic) bond motifs is 2. The number of halogens is 2. The van der Waals surface area contributed by atoms with Gasteiger partial charge in [-0.05, 0) is 67.5 Å². The van der Waals surface area contributed by atoms with E-state index in [2.05, 4.69) is 36.9 Å². The SMILES string of the molecule is O=C(Nc1nccs1)C(c1ncn2c1CCC2)n1cc2c(Cl)cc(-c3ccc(N4CCCCC4)c(Cl)c3)cc2n1. The topological polar surface area (TPSA) is 80.9 Å². The van der Waals surface area contributed by atoms with Gasteiger partial charge in [-0.25, -0.2) is 9.97 Å². The highest BCUT2D eigenvalue weighted by atomic mass is 35.5. The van der Waals surface area contributed by atoms with Crippen molar-refractivity contribution in [2.45, 2.75) is 44.7 Å². The van der Waals surface area contributed by atoms with Crippen molar-refractivity contribution < 1.29 is 4.79 Å². The molecule has 1 N–H and O–H groups in total. The zero-order valence-corrected chi connectivity index (χ0v) is 24.0. The minimum absolute atomic E-state index is 0.243. The largest absolute Gasteiger partial charge is 0.370 e. The summed E-state index contributed by atoms with van der Waals surface area (Å²) in [7, 11) is 0. The lowest BCUT2D eigenvalue weighted by molar-refractivity contribution is -0.118. The minimum Gasteiger partial charge on any atom is -0.370 e. The van der Waals surface area contributed by atoms with Crippen LogP contribution < -0.4 is 10.2 Å². The number of carbonyl (C=O) groups excluding carboxylic acids is 1. The molecule has 40 heavy (non-hydrogen) atoms. The lowest BCUT2D eigenvalue weighted by Crippen LogP contribution is -2.29. The minimum atomic E-state index is -0.761. The van der Waals surface area contributed by atoms with Gasteiger partial charge in [0.05, 0.1) is 33.3 Å². The van der Waals surface area contributed by atoms with Crippen molar-refractivity contribution in [1.82, 2.24) is 24.3 Å². The van der Waals surface area contributed by atoms with Gasteiger partial charge in [-0.2, -0.15) is 5.10 Å². The van der Waals surface area contributed by atoms with E-state index in [1.54, 1.807) is 10.9 Å². The molecule has 1 fully saturated rings. The van der Waals surface area contributed by atoms with Crippen LogP contribution in [0.2, 0.25) is 10.0 Å². The summed E-state index contributed by atoms with van der Waals surface area (Å²) in [5, 5.41) is 12.2. The van der Waals surface area contributed by atoms with E-state index in [1.165, 1.54) is 30.6 Å². The summed E-state index contributed by atoms with van der Waals surface area (Å²) in [6, 6.07) is 9.35.